The van der Waals surface area contributed by atoms with Gasteiger partial charge in [-0.15, -0.1) is 0 Å². The molecule has 16 heavy (non-hydrogen) atoms. The van der Waals surface area contributed by atoms with Crippen LogP contribution in [0.25, 0.3) is 0 Å². The van der Waals surface area contributed by atoms with Crippen molar-refractivity contribution in [3.8, 4) is 0 Å². The van der Waals surface area contributed by atoms with E-state index in [1.807, 2.05) is 0 Å². The first-order valence-electron chi connectivity index (χ1n) is 7.11. The first-order chi connectivity index (χ1) is 7.70. The van der Waals surface area contributed by atoms with E-state index in [1.54, 1.807) is 0 Å². The molecule has 0 N–H and O–H groups in total. The van der Waals surface area contributed by atoms with Crippen LogP contribution in [0.1, 0.15) is 52.4 Å². The lowest BCUT2D eigenvalue weighted by Gasteiger charge is -2.42. The highest BCUT2D eigenvalue weighted by molar-refractivity contribution is 4.87. The zero-order valence-electron chi connectivity index (χ0n) is 11.7. The van der Waals surface area contributed by atoms with Gasteiger partial charge in [0.05, 0.1) is 0 Å². The standard InChI is InChI=1S/C14H30N2/c1-5-11-15(3)13-9-7-8-10-14(13)16(4)12-6-2/h13-14H,5-12H2,1-4H3. The van der Waals surface area contributed by atoms with Crippen LogP contribution in [-0.2, 0) is 0 Å². The Balaban J connectivity index is 2.55. The number of hydrogen-bond donors (Lipinski definition) is 0. The normalized spacial score (nSPS) is 26.6. The maximum Gasteiger partial charge on any atom is 0.0248 e. The molecule has 1 aliphatic carbocycles. The molecule has 2 atom stereocenters. The maximum absolute atomic E-state index is 2.59. The van der Waals surface area contributed by atoms with Crippen LogP contribution in [0.15, 0.2) is 0 Å². The Morgan fingerprint density at radius 3 is 1.50 bits per heavy atom. The van der Waals surface area contributed by atoms with E-state index in [-0.39, 0.29) is 0 Å². The van der Waals surface area contributed by atoms with Crippen LogP contribution in [0.4, 0.5) is 0 Å². The zero-order valence-corrected chi connectivity index (χ0v) is 11.7. The molecule has 2 nitrogen and oxygen atoms in total. The van der Waals surface area contributed by atoms with Crippen molar-refractivity contribution in [1.29, 1.82) is 0 Å². The van der Waals surface area contributed by atoms with Crippen molar-refractivity contribution in [3.63, 3.8) is 0 Å². The smallest absolute Gasteiger partial charge is 0.0248 e. The van der Waals surface area contributed by atoms with E-state index in [1.165, 1.54) is 51.6 Å². The summed E-state index contributed by atoms with van der Waals surface area (Å²) >= 11 is 0. The summed E-state index contributed by atoms with van der Waals surface area (Å²) in [7, 11) is 4.62. The number of likely N-dealkylation sites (N-methyl/N-ethyl adjacent to an activating group) is 2. The Bertz CT molecular complexity index is 162. The lowest BCUT2D eigenvalue weighted by Crippen LogP contribution is -2.51. The van der Waals surface area contributed by atoms with E-state index >= 15 is 0 Å². The molecule has 0 aromatic carbocycles. The molecular formula is C14H30N2. The minimum atomic E-state index is 0.797. The van der Waals surface area contributed by atoms with E-state index < -0.39 is 0 Å². The molecule has 0 spiro atoms. The maximum atomic E-state index is 2.59. The summed E-state index contributed by atoms with van der Waals surface area (Å²) in [5.41, 5.74) is 0. The highest BCUT2D eigenvalue weighted by Gasteiger charge is 2.30. The van der Waals surface area contributed by atoms with Crippen molar-refractivity contribution < 1.29 is 0 Å². The van der Waals surface area contributed by atoms with Gasteiger partial charge in [-0.05, 0) is 52.9 Å². The lowest BCUT2D eigenvalue weighted by molar-refractivity contribution is 0.0778. The molecule has 0 radical (unpaired) electrons. The summed E-state index contributed by atoms with van der Waals surface area (Å²) in [4.78, 5) is 5.19. The highest BCUT2D eigenvalue weighted by Crippen LogP contribution is 2.26. The van der Waals surface area contributed by atoms with E-state index in [9.17, 15) is 0 Å². The predicted molar refractivity (Wildman–Crippen MR) is 71.9 cm³/mol. The fourth-order valence-electron chi connectivity index (χ4n) is 3.16. The molecule has 0 heterocycles. The number of nitrogens with zero attached hydrogens (tertiary/aromatic N) is 2. The fraction of sp³-hybridized carbons (Fsp3) is 1.00. The van der Waals surface area contributed by atoms with Gasteiger partial charge in [0.2, 0.25) is 0 Å². The summed E-state index contributed by atoms with van der Waals surface area (Å²) < 4.78 is 0. The molecule has 96 valence electrons. The summed E-state index contributed by atoms with van der Waals surface area (Å²) in [6, 6.07) is 1.59. The third kappa shape index (κ3) is 3.74. The molecule has 1 saturated carbocycles. The molecule has 2 heteroatoms. The minimum absolute atomic E-state index is 0.797. The third-order valence-electron chi connectivity index (χ3n) is 3.98. The van der Waals surface area contributed by atoms with Crippen molar-refractivity contribution in [2.45, 2.75) is 64.5 Å². The highest BCUT2D eigenvalue weighted by atomic mass is 15.2. The quantitative estimate of drug-likeness (QED) is 0.687. The predicted octanol–water partition coefficient (Wildman–Crippen LogP) is 2.98. The average molecular weight is 226 g/mol. The molecule has 0 aromatic rings. The van der Waals surface area contributed by atoms with Crippen LogP contribution in [0.5, 0.6) is 0 Å². The van der Waals surface area contributed by atoms with Crippen LogP contribution in [-0.4, -0.2) is 49.1 Å². The molecule has 0 amide bonds. The summed E-state index contributed by atoms with van der Waals surface area (Å²) in [6.07, 6.45) is 8.20. The molecule has 1 fully saturated rings. The van der Waals surface area contributed by atoms with Gasteiger partial charge in [-0.3, -0.25) is 0 Å². The Kier molecular flexibility index (Phi) is 6.37. The first kappa shape index (κ1) is 14.0. The second-order valence-electron chi connectivity index (χ2n) is 5.38. The molecule has 2 unspecified atom stereocenters. The topological polar surface area (TPSA) is 6.48 Å². The summed E-state index contributed by atoms with van der Waals surface area (Å²) in [5.74, 6) is 0. The van der Waals surface area contributed by atoms with E-state index in [0.717, 1.165) is 12.1 Å². The molecule has 0 bridgehead atoms. The Hall–Kier alpha value is -0.0800. The zero-order chi connectivity index (χ0) is 12.0. The largest absolute Gasteiger partial charge is 0.302 e. The van der Waals surface area contributed by atoms with Gasteiger partial charge in [0.25, 0.3) is 0 Å². The first-order valence-corrected chi connectivity index (χ1v) is 7.11. The SMILES string of the molecule is CCCN(C)C1CCCCC1N(C)CCC. The van der Waals surface area contributed by atoms with Gasteiger partial charge < -0.3 is 9.80 Å². The second kappa shape index (κ2) is 7.29. The van der Waals surface area contributed by atoms with Crippen LogP contribution in [0, 0.1) is 0 Å². The Labute approximate surface area is 102 Å². The lowest BCUT2D eigenvalue weighted by atomic mass is 9.88. The van der Waals surface area contributed by atoms with Gasteiger partial charge in [0, 0.05) is 12.1 Å². The van der Waals surface area contributed by atoms with E-state index in [0.29, 0.717) is 0 Å². The summed E-state index contributed by atoms with van der Waals surface area (Å²) in [6.45, 7) is 7.07. The Morgan fingerprint density at radius 1 is 0.812 bits per heavy atom. The molecule has 0 saturated heterocycles. The van der Waals surface area contributed by atoms with Crippen molar-refractivity contribution in [2.24, 2.45) is 0 Å². The number of rotatable bonds is 6. The molecule has 1 rings (SSSR count). The van der Waals surface area contributed by atoms with Gasteiger partial charge in [-0.1, -0.05) is 26.7 Å². The van der Waals surface area contributed by atoms with E-state index in [4.69, 9.17) is 0 Å². The van der Waals surface area contributed by atoms with Gasteiger partial charge in [0.1, 0.15) is 0 Å². The second-order valence-corrected chi connectivity index (χ2v) is 5.38. The van der Waals surface area contributed by atoms with Crippen molar-refractivity contribution in [1.82, 2.24) is 9.80 Å². The molecule has 0 aliphatic heterocycles. The fourth-order valence-corrected chi connectivity index (χ4v) is 3.16. The molecule has 0 aromatic heterocycles. The van der Waals surface area contributed by atoms with Crippen molar-refractivity contribution in [3.05, 3.63) is 0 Å². The van der Waals surface area contributed by atoms with Crippen molar-refractivity contribution >= 4 is 0 Å². The van der Waals surface area contributed by atoms with Gasteiger partial charge in [-0.25, -0.2) is 0 Å². The molecular weight excluding hydrogens is 196 g/mol. The van der Waals surface area contributed by atoms with Gasteiger partial charge in [-0.2, -0.15) is 0 Å². The van der Waals surface area contributed by atoms with Gasteiger partial charge >= 0.3 is 0 Å². The third-order valence-corrected chi connectivity index (χ3v) is 3.98. The molecule has 1 aliphatic rings. The Morgan fingerprint density at radius 2 is 1.19 bits per heavy atom. The van der Waals surface area contributed by atoms with Crippen LogP contribution >= 0.6 is 0 Å². The van der Waals surface area contributed by atoms with Crippen LogP contribution in [0.2, 0.25) is 0 Å². The van der Waals surface area contributed by atoms with Crippen LogP contribution in [0.3, 0.4) is 0 Å². The summed E-state index contributed by atoms with van der Waals surface area (Å²) in [5, 5.41) is 0. The van der Waals surface area contributed by atoms with E-state index in [2.05, 4.69) is 37.7 Å². The van der Waals surface area contributed by atoms with Crippen LogP contribution < -0.4 is 0 Å². The number of hydrogen-bond acceptors (Lipinski definition) is 2. The van der Waals surface area contributed by atoms with Gasteiger partial charge in [0.15, 0.2) is 0 Å². The monoisotopic (exact) mass is 226 g/mol. The van der Waals surface area contributed by atoms with Crippen molar-refractivity contribution in [2.75, 3.05) is 27.2 Å². The average Bonchev–Trinajstić information content (AvgIpc) is 2.30. The minimum Gasteiger partial charge on any atom is -0.302 e.